The molecule has 0 saturated carbocycles. The SMILES string of the molecule is COC(=O)c1c(F)ccc(C)c1F. The average molecular weight is 186 g/mol. The van der Waals surface area contributed by atoms with Crippen LogP contribution in [0.2, 0.25) is 0 Å². The van der Waals surface area contributed by atoms with Gasteiger partial charge in [-0.1, -0.05) is 6.07 Å². The summed E-state index contributed by atoms with van der Waals surface area (Å²) in [5.41, 5.74) is -0.427. The van der Waals surface area contributed by atoms with Crippen LogP contribution >= 0.6 is 0 Å². The van der Waals surface area contributed by atoms with Crippen molar-refractivity contribution in [3.8, 4) is 0 Å². The van der Waals surface area contributed by atoms with E-state index in [0.717, 1.165) is 13.2 Å². The van der Waals surface area contributed by atoms with Gasteiger partial charge in [0.15, 0.2) is 0 Å². The second kappa shape index (κ2) is 3.51. The summed E-state index contributed by atoms with van der Waals surface area (Å²) in [6.07, 6.45) is 0. The van der Waals surface area contributed by atoms with Crippen molar-refractivity contribution < 1.29 is 18.3 Å². The monoisotopic (exact) mass is 186 g/mol. The topological polar surface area (TPSA) is 26.3 Å². The van der Waals surface area contributed by atoms with Gasteiger partial charge in [0.05, 0.1) is 7.11 Å². The van der Waals surface area contributed by atoms with Gasteiger partial charge in [-0.2, -0.15) is 0 Å². The third kappa shape index (κ3) is 1.66. The summed E-state index contributed by atoms with van der Waals surface area (Å²) < 4.78 is 30.3. The van der Waals surface area contributed by atoms with Gasteiger partial charge in [-0.15, -0.1) is 0 Å². The Labute approximate surface area is 74.1 Å². The zero-order chi connectivity index (χ0) is 10.0. The minimum Gasteiger partial charge on any atom is -0.465 e. The molecule has 0 aliphatic carbocycles. The highest BCUT2D eigenvalue weighted by Gasteiger charge is 2.19. The predicted molar refractivity (Wildman–Crippen MR) is 42.4 cm³/mol. The highest BCUT2D eigenvalue weighted by molar-refractivity contribution is 5.90. The number of hydrogen-bond donors (Lipinski definition) is 0. The van der Waals surface area contributed by atoms with Gasteiger partial charge in [0.2, 0.25) is 0 Å². The molecule has 0 fully saturated rings. The van der Waals surface area contributed by atoms with Gasteiger partial charge < -0.3 is 4.74 Å². The van der Waals surface area contributed by atoms with Gasteiger partial charge in [-0.05, 0) is 18.6 Å². The molecule has 1 rings (SSSR count). The predicted octanol–water partition coefficient (Wildman–Crippen LogP) is 2.06. The summed E-state index contributed by atoms with van der Waals surface area (Å²) in [6, 6.07) is 2.29. The first-order valence-electron chi connectivity index (χ1n) is 3.61. The van der Waals surface area contributed by atoms with Crippen molar-refractivity contribution in [1.29, 1.82) is 0 Å². The minimum absolute atomic E-state index is 0.210. The molecule has 0 bridgehead atoms. The zero-order valence-corrected chi connectivity index (χ0v) is 7.23. The smallest absolute Gasteiger partial charge is 0.343 e. The van der Waals surface area contributed by atoms with E-state index in [1.807, 2.05) is 0 Å². The maximum atomic E-state index is 13.2. The lowest BCUT2D eigenvalue weighted by Crippen LogP contribution is -2.08. The van der Waals surface area contributed by atoms with Gasteiger partial charge >= 0.3 is 5.97 Å². The summed E-state index contributed by atoms with van der Waals surface area (Å²) in [6.45, 7) is 1.45. The Morgan fingerprint density at radius 2 is 2.00 bits per heavy atom. The molecule has 0 spiro atoms. The van der Waals surface area contributed by atoms with Crippen molar-refractivity contribution in [3.05, 3.63) is 34.9 Å². The van der Waals surface area contributed by atoms with Crippen LogP contribution < -0.4 is 0 Å². The number of carbonyl (C=O) groups is 1. The van der Waals surface area contributed by atoms with E-state index >= 15 is 0 Å². The number of halogens is 2. The highest BCUT2D eigenvalue weighted by Crippen LogP contribution is 2.16. The summed E-state index contributed by atoms with van der Waals surface area (Å²) >= 11 is 0. The third-order valence-electron chi connectivity index (χ3n) is 1.67. The molecule has 0 aliphatic heterocycles. The summed E-state index contributed by atoms with van der Waals surface area (Å²) in [5.74, 6) is -2.78. The van der Waals surface area contributed by atoms with Gasteiger partial charge in [-0.3, -0.25) is 0 Å². The van der Waals surface area contributed by atoms with Crippen LogP contribution in [0.5, 0.6) is 0 Å². The second-order valence-corrected chi connectivity index (χ2v) is 2.54. The van der Waals surface area contributed by atoms with Crippen LogP contribution in [0.1, 0.15) is 15.9 Å². The number of hydrogen-bond acceptors (Lipinski definition) is 2. The normalized spacial score (nSPS) is 9.85. The Bertz CT molecular complexity index is 348. The van der Waals surface area contributed by atoms with Crippen LogP contribution in [0, 0.1) is 18.6 Å². The molecule has 70 valence electrons. The third-order valence-corrected chi connectivity index (χ3v) is 1.67. The Balaban J connectivity index is 3.33. The Kier molecular flexibility index (Phi) is 2.60. The molecule has 0 saturated heterocycles. The number of carbonyl (C=O) groups excluding carboxylic acids is 1. The minimum atomic E-state index is -1.00. The first-order chi connectivity index (χ1) is 6.07. The van der Waals surface area contributed by atoms with Crippen LogP contribution in [0.15, 0.2) is 12.1 Å². The fourth-order valence-corrected chi connectivity index (χ4v) is 0.946. The number of benzene rings is 1. The van der Waals surface area contributed by atoms with Crippen molar-refractivity contribution in [2.75, 3.05) is 7.11 Å². The second-order valence-electron chi connectivity index (χ2n) is 2.54. The zero-order valence-electron chi connectivity index (χ0n) is 7.23. The van der Waals surface area contributed by atoms with E-state index < -0.39 is 23.2 Å². The Morgan fingerprint density at radius 1 is 1.38 bits per heavy atom. The molecule has 2 nitrogen and oxygen atoms in total. The van der Waals surface area contributed by atoms with Crippen LogP contribution in [0.3, 0.4) is 0 Å². The Morgan fingerprint density at radius 3 is 2.54 bits per heavy atom. The van der Waals surface area contributed by atoms with E-state index in [2.05, 4.69) is 4.74 Å². The van der Waals surface area contributed by atoms with E-state index in [0.29, 0.717) is 0 Å². The first kappa shape index (κ1) is 9.64. The Hall–Kier alpha value is -1.45. The summed E-state index contributed by atoms with van der Waals surface area (Å²) in [7, 11) is 1.07. The van der Waals surface area contributed by atoms with Gasteiger partial charge in [-0.25, -0.2) is 13.6 Å². The lowest BCUT2D eigenvalue weighted by Gasteiger charge is -2.04. The number of methoxy groups -OCH3 is 1. The van der Waals surface area contributed by atoms with Crippen LogP contribution in [0.4, 0.5) is 8.78 Å². The van der Waals surface area contributed by atoms with Crippen molar-refractivity contribution >= 4 is 5.97 Å². The van der Waals surface area contributed by atoms with Gasteiger partial charge in [0.1, 0.15) is 17.2 Å². The summed E-state index contributed by atoms with van der Waals surface area (Å²) in [5, 5.41) is 0. The van der Waals surface area contributed by atoms with Crippen LogP contribution in [-0.4, -0.2) is 13.1 Å². The molecule has 1 aromatic rings. The molecule has 0 atom stereocenters. The quantitative estimate of drug-likeness (QED) is 0.627. The molecule has 0 unspecified atom stereocenters. The first-order valence-corrected chi connectivity index (χ1v) is 3.61. The number of ether oxygens (including phenoxy) is 1. The molecular formula is C9H8F2O2. The highest BCUT2D eigenvalue weighted by atomic mass is 19.1. The van der Waals surface area contributed by atoms with E-state index in [1.54, 1.807) is 0 Å². The van der Waals surface area contributed by atoms with Crippen molar-refractivity contribution in [2.45, 2.75) is 6.92 Å². The van der Waals surface area contributed by atoms with Gasteiger partial charge in [0.25, 0.3) is 0 Å². The molecule has 0 aliphatic rings. The van der Waals surface area contributed by atoms with E-state index in [4.69, 9.17) is 0 Å². The molecular weight excluding hydrogens is 178 g/mol. The van der Waals surface area contributed by atoms with Gasteiger partial charge in [0, 0.05) is 0 Å². The molecule has 0 heterocycles. The molecule has 0 amide bonds. The van der Waals surface area contributed by atoms with Crippen LogP contribution in [-0.2, 0) is 4.74 Å². The molecule has 0 N–H and O–H groups in total. The molecule has 1 aromatic carbocycles. The number of esters is 1. The van der Waals surface area contributed by atoms with Crippen molar-refractivity contribution in [1.82, 2.24) is 0 Å². The molecule has 13 heavy (non-hydrogen) atoms. The molecule has 0 radical (unpaired) electrons. The lowest BCUT2D eigenvalue weighted by atomic mass is 10.1. The fourth-order valence-electron chi connectivity index (χ4n) is 0.946. The standard InChI is InChI=1S/C9H8F2O2/c1-5-3-4-6(10)7(8(5)11)9(12)13-2/h3-4H,1-2H3. The largest absolute Gasteiger partial charge is 0.465 e. The average Bonchev–Trinajstić information content (AvgIpc) is 2.12. The maximum Gasteiger partial charge on any atom is 0.343 e. The van der Waals surface area contributed by atoms with E-state index in [-0.39, 0.29) is 5.56 Å². The molecule has 0 aromatic heterocycles. The number of rotatable bonds is 1. The van der Waals surface area contributed by atoms with E-state index in [9.17, 15) is 13.6 Å². The maximum absolute atomic E-state index is 13.2. The summed E-state index contributed by atoms with van der Waals surface area (Å²) in [4.78, 5) is 10.9. The van der Waals surface area contributed by atoms with Crippen molar-refractivity contribution in [3.63, 3.8) is 0 Å². The van der Waals surface area contributed by atoms with Crippen molar-refractivity contribution in [2.24, 2.45) is 0 Å². The van der Waals surface area contributed by atoms with Crippen LogP contribution in [0.25, 0.3) is 0 Å². The fraction of sp³-hybridized carbons (Fsp3) is 0.222. The lowest BCUT2D eigenvalue weighted by molar-refractivity contribution is 0.0589. The number of aryl methyl sites for hydroxylation is 1. The van der Waals surface area contributed by atoms with E-state index in [1.165, 1.54) is 13.0 Å². The molecule has 4 heteroatoms.